The number of carbonyl (C=O) groups is 1. The minimum atomic E-state index is -4.97. The number of aliphatic imine (C=N–C) groups is 1. The van der Waals surface area contributed by atoms with E-state index in [0.717, 1.165) is 25.3 Å². The lowest BCUT2D eigenvalue weighted by molar-refractivity contribution is -0.385. The largest absolute Gasteiger partial charge is 0.432 e. The van der Waals surface area contributed by atoms with Gasteiger partial charge in [0.1, 0.15) is 11.3 Å². The van der Waals surface area contributed by atoms with Crippen LogP contribution < -0.4 is 16.0 Å². The molecule has 3 rings (SSSR count). The number of nitrogens with two attached hydrogens (primary N) is 1. The number of alkyl halides is 3. The van der Waals surface area contributed by atoms with E-state index in [1.165, 1.54) is 24.4 Å². The van der Waals surface area contributed by atoms with Crippen molar-refractivity contribution in [2.75, 3.05) is 18.0 Å². The third-order valence-electron chi connectivity index (χ3n) is 4.96. The van der Waals surface area contributed by atoms with Gasteiger partial charge < -0.3 is 16.0 Å². The molecule has 1 aromatic carbocycles. The molecule has 0 unspecified atom stereocenters. The maximum Gasteiger partial charge on any atom is 0.432 e. The van der Waals surface area contributed by atoms with Crippen LogP contribution in [0.25, 0.3) is 0 Å². The van der Waals surface area contributed by atoms with E-state index >= 15 is 0 Å². The van der Waals surface area contributed by atoms with Crippen molar-refractivity contribution in [3.8, 4) is 0 Å². The molecular formula is C21H21F3N6O3. The second kappa shape index (κ2) is 10.1. The van der Waals surface area contributed by atoms with Gasteiger partial charge in [0.05, 0.1) is 16.8 Å². The van der Waals surface area contributed by atoms with Gasteiger partial charge in [0.2, 0.25) is 0 Å². The zero-order valence-corrected chi connectivity index (χ0v) is 17.4. The first-order chi connectivity index (χ1) is 15.7. The lowest BCUT2D eigenvalue weighted by atomic mass is 10.1. The number of hydrogen-bond acceptors (Lipinski definition) is 7. The van der Waals surface area contributed by atoms with Crippen LogP contribution in [0.2, 0.25) is 0 Å². The number of nitro groups is 1. The molecule has 0 atom stereocenters. The summed E-state index contributed by atoms with van der Waals surface area (Å²) in [7, 11) is 0. The minimum Gasteiger partial charge on any atom is -0.393 e. The molecule has 1 aromatic heterocycles. The number of amides is 1. The number of benzene rings is 1. The van der Waals surface area contributed by atoms with Crippen molar-refractivity contribution >= 4 is 29.3 Å². The number of carbonyl (C=O) groups excluding carboxylic acids is 1. The molecule has 3 N–H and O–H groups in total. The summed E-state index contributed by atoms with van der Waals surface area (Å²) in [6.45, 7) is 1.42. The van der Waals surface area contributed by atoms with Crippen LogP contribution in [0.4, 0.5) is 30.4 Å². The smallest absolute Gasteiger partial charge is 0.393 e. The van der Waals surface area contributed by atoms with Crippen molar-refractivity contribution in [2.24, 2.45) is 10.7 Å². The van der Waals surface area contributed by atoms with Gasteiger partial charge >= 0.3 is 6.18 Å². The zero-order valence-electron chi connectivity index (χ0n) is 17.4. The van der Waals surface area contributed by atoms with E-state index < -0.39 is 34.1 Å². The molecular weight excluding hydrogens is 441 g/mol. The second-order valence-electron chi connectivity index (χ2n) is 7.23. The lowest BCUT2D eigenvalue weighted by Crippen LogP contribution is -2.33. The molecule has 0 radical (unpaired) electrons. The average molecular weight is 462 g/mol. The van der Waals surface area contributed by atoms with E-state index in [1.54, 1.807) is 12.1 Å². The summed E-state index contributed by atoms with van der Waals surface area (Å²) in [4.78, 5) is 33.2. The Morgan fingerprint density at radius 3 is 2.55 bits per heavy atom. The normalized spacial score (nSPS) is 15.3. The first-order valence-corrected chi connectivity index (χ1v) is 10.0. The predicted octanol–water partition coefficient (Wildman–Crippen LogP) is 3.85. The number of allylic oxidation sites excluding steroid dienone is 2. The van der Waals surface area contributed by atoms with Gasteiger partial charge in [-0.2, -0.15) is 13.2 Å². The Balaban J connectivity index is 1.97. The van der Waals surface area contributed by atoms with Crippen LogP contribution in [0, 0.1) is 10.1 Å². The molecule has 33 heavy (non-hydrogen) atoms. The molecule has 2 aromatic rings. The molecule has 174 valence electrons. The Morgan fingerprint density at radius 2 is 1.94 bits per heavy atom. The quantitative estimate of drug-likeness (QED) is 0.382. The molecule has 0 saturated carbocycles. The number of anilines is 1. The van der Waals surface area contributed by atoms with Gasteiger partial charge in [0.15, 0.2) is 5.82 Å². The molecule has 2 heterocycles. The molecule has 0 aliphatic carbocycles. The Morgan fingerprint density at radius 1 is 1.21 bits per heavy atom. The average Bonchev–Trinajstić information content (AvgIpc) is 2.81. The summed E-state index contributed by atoms with van der Waals surface area (Å²) in [6, 6.07) is 8.59. The molecule has 1 fully saturated rings. The van der Waals surface area contributed by atoms with Crippen molar-refractivity contribution in [3.63, 3.8) is 0 Å². The molecule has 1 aliphatic rings. The highest BCUT2D eigenvalue weighted by Crippen LogP contribution is 2.28. The summed E-state index contributed by atoms with van der Waals surface area (Å²) in [6.07, 6.45) is 0.0350. The SMILES string of the molecule is NC(=C(C=Nc1ccccn1)NC(=O)c1cc(N2CCCCC2)ccc1[N+](=O)[O-])C(F)(F)F. The van der Waals surface area contributed by atoms with Crippen LogP contribution in [0.15, 0.2) is 59.0 Å². The molecule has 0 spiro atoms. The standard InChI is InChI=1S/C21H21F3N6O3/c22-21(23,24)19(25)16(13-27-18-6-2-3-9-26-18)28-20(31)15-12-14(7-8-17(15)30(32)33)29-10-4-1-5-11-29/h2-3,6-9,12-13H,1,4-5,10-11,25H2,(H,28,31). The van der Waals surface area contributed by atoms with Gasteiger partial charge in [0, 0.05) is 31.0 Å². The molecule has 1 saturated heterocycles. The first-order valence-electron chi connectivity index (χ1n) is 10.0. The Labute approximate surface area is 187 Å². The van der Waals surface area contributed by atoms with Gasteiger partial charge in [-0.05, 0) is 43.5 Å². The van der Waals surface area contributed by atoms with E-state index in [9.17, 15) is 28.1 Å². The summed E-state index contributed by atoms with van der Waals surface area (Å²) in [5.41, 5.74) is 2.40. The summed E-state index contributed by atoms with van der Waals surface area (Å²) >= 11 is 0. The number of aromatic nitrogens is 1. The number of piperidine rings is 1. The third kappa shape index (κ3) is 6.05. The van der Waals surface area contributed by atoms with E-state index in [2.05, 4.69) is 9.98 Å². The van der Waals surface area contributed by atoms with Crippen molar-refractivity contribution in [3.05, 3.63) is 69.7 Å². The van der Waals surface area contributed by atoms with Crippen LogP contribution in [-0.2, 0) is 0 Å². The minimum absolute atomic E-state index is 0.0808. The number of halogens is 3. The fourth-order valence-corrected chi connectivity index (χ4v) is 3.29. The number of nitro benzene ring substituents is 1. The Bertz CT molecular complexity index is 1080. The van der Waals surface area contributed by atoms with E-state index in [1.807, 2.05) is 10.2 Å². The van der Waals surface area contributed by atoms with E-state index in [0.29, 0.717) is 25.0 Å². The monoisotopic (exact) mass is 462 g/mol. The summed E-state index contributed by atoms with van der Waals surface area (Å²) in [5, 5.41) is 13.5. The summed E-state index contributed by atoms with van der Waals surface area (Å²) < 4.78 is 39.8. The number of rotatable bonds is 6. The summed E-state index contributed by atoms with van der Waals surface area (Å²) in [5.74, 6) is -1.03. The van der Waals surface area contributed by atoms with Crippen LogP contribution in [0.1, 0.15) is 29.6 Å². The van der Waals surface area contributed by atoms with Crippen LogP contribution in [0.5, 0.6) is 0 Å². The first kappa shape index (κ1) is 23.7. The van der Waals surface area contributed by atoms with Gasteiger partial charge in [-0.15, -0.1) is 0 Å². The fraction of sp³-hybridized carbons (Fsp3) is 0.286. The molecule has 9 nitrogen and oxygen atoms in total. The van der Waals surface area contributed by atoms with Crippen molar-refractivity contribution in [1.82, 2.24) is 10.3 Å². The van der Waals surface area contributed by atoms with Crippen molar-refractivity contribution in [2.45, 2.75) is 25.4 Å². The van der Waals surface area contributed by atoms with Gasteiger partial charge in [-0.3, -0.25) is 14.9 Å². The maximum atomic E-state index is 13.3. The topological polar surface area (TPSA) is 127 Å². The number of nitrogens with zero attached hydrogens (tertiary/aromatic N) is 4. The van der Waals surface area contributed by atoms with E-state index in [-0.39, 0.29) is 11.4 Å². The van der Waals surface area contributed by atoms with Gasteiger partial charge in [0.25, 0.3) is 11.6 Å². The van der Waals surface area contributed by atoms with Crippen LogP contribution in [-0.4, -0.2) is 41.3 Å². The third-order valence-corrected chi connectivity index (χ3v) is 4.96. The highest BCUT2D eigenvalue weighted by atomic mass is 19.4. The molecule has 1 aliphatic heterocycles. The zero-order chi connectivity index (χ0) is 24.0. The maximum absolute atomic E-state index is 13.3. The number of hydrogen-bond donors (Lipinski definition) is 2. The second-order valence-corrected chi connectivity index (χ2v) is 7.23. The highest BCUT2D eigenvalue weighted by Gasteiger charge is 2.35. The number of pyridine rings is 1. The molecule has 12 heteroatoms. The van der Waals surface area contributed by atoms with Gasteiger partial charge in [-0.1, -0.05) is 6.07 Å². The highest BCUT2D eigenvalue weighted by molar-refractivity contribution is 6.03. The lowest BCUT2D eigenvalue weighted by Gasteiger charge is -2.29. The molecule has 0 bridgehead atoms. The molecule has 1 amide bonds. The Kier molecular flexibility index (Phi) is 7.26. The Hall–Kier alpha value is -3.96. The fourth-order valence-electron chi connectivity index (χ4n) is 3.29. The van der Waals surface area contributed by atoms with Crippen molar-refractivity contribution in [1.29, 1.82) is 0 Å². The number of nitrogens with one attached hydrogen (secondary N) is 1. The van der Waals surface area contributed by atoms with Gasteiger partial charge in [-0.25, -0.2) is 9.98 Å². The van der Waals surface area contributed by atoms with Crippen molar-refractivity contribution < 1.29 is 22.9 Å². The van der Waals surface area contributed by atoms with E-state index in [4.69, 9.17) is 5.73 Å². The van der Waals surface area contributed by atoms with Crippen LogP contribution >= 0.6 is 0 Å². The predicted molar refractivity (Wildman–Crippen MR) is 116 cm³/mol. The van der Waals surface area contributed by atoms with Crippen LogP contribution in [0.3, 0.4) is 0 Å².